The summed E-state index contributed by atoms with van der Waals surface area (Å²) in [5, 5.41) is 17.5. The molecule has 0 fully saturated rings. The summed E-state index contributed by atoms with van der Waals surface area (Å²) in [4.78, 5) is 33.3. The zero-order valence-corrected chi connectivity index (χ0v) is 15.3. The topological polar surface area (TPSA) is 101 Å². The molecule has 0 aliphatic rings. The van der Waals surface area contributed by atoms with Gasteiger partial charge in [-0.15, -0.1) is 0 Å². The molecule has 140 valence electrons. The van der Waals surface area contributed by atoms with Gasteiger partial charge in [-0.3, -0.25) is 14.4 Å². The van der Waals surface area contributed by atoms with Gasteiger partial charge in [-0.25, -0.2) is 0 Å². The minimum absolute atomic E-state index is 0.136. The molecule has 2 N–H and O–H groups in total. The molecule has 0 heterocycles. The predicted octanol–water partition coefficient (Wildman–Crippen LogP) is 2.14. The lowest BCUT2D eigenvalue weighted by Gasteiger charge is -2.28. The average molecular weight is 346 g/mol. The summed E-state index contributed by atoms with van der Waals surface area (Å²) in [6, 6.07) is 0. The summed E-state index contributed by atoms with van der Waals surface area (Å²) in [5.74, 6) is -1.99. The van der Waals surface area contributed by atoms with Gasteiger partial charge in [0.2, 0.25) is 0 Å². The molecule has 0 radical (unpaired) electrons. The van der Waals surface area contributed by atoms with Crippen LogP contribution in [-0.2, 0) is 19.1 Å². The lowest BCUT2D eigenvalue weighted by atomic mass is 9.99. The Kier molecular flexibility index (Phi) is 10.3. The lowest BCUT2D eigenvalue weighted by molar-refractivity contribution is -0.873. The van der Waals surface area contributed by atoms with Crippen LogP contribution >= 0.6 is 0 Å². The Morgan fingerprint density at radius 1 is 0.958 bits per heavy atom. The number of aliphatic carboxylic acids is 2. The van der Waals surface area contributed by atoms with E-state index in [1.54, 1.807) is 0 Å². The second-order valence-electron chi connectivity index (χ2n) is 7.48. The normalized spacial score (nSPS) is 14.0. The van der Waals surface area contributed by atoms with Gasteiger partial charge in [-0.1, -0.05) is 26.2 Å². The number of ether oxygens (including phenoxy) is 1. The smallest absolute Gasteiger partial charge is 0.307 e. The Labute approximate surface area is 144 Å². The molecule has 0 spiro atoms. The van der Waals surface area contributed by atoms with E-state index < -0.39 is 18.0 Å². The molecule has 0 aromatic heterocycles. The molecule has 2 unspecified atom stereocenters. The molecule has 0 aromatic carbocycles. The number of carboxylic acid groups (broad SMARTS) is 2. The van der Waals surface area contributed by atoms with Crippen molar-refractivity contribution in [3.63, 3.8) is 0 Å². The van der Waals surface area contributed by atoms with Crippen LogP contribution in [0.1, 0.15) is 51.9 Å². The third kappa shape index (κ3) is 14.0. The van der Waals surface area contributed by atoms with E-state index in [4.69, 9.17) is 14.9 Å². The van der Waals surface area contributed by atoms with Crippen molar-refractivity contribution in [2.24, 2.45) is 5.92 Å². The van der Waals surface area contributed by atoms with E-state index in [1.807, 2.05) is 28.1 Å². The number of hydrogen-bond donors (Lipinski definition) is 2. The van der Waals surface area contributed by atoms with E-state index >= 15 is 0 Å². The third-order valence-electron chi connectivity index (χ3n) is 3.55. The van der Waals surface area contributed by atoms with Crippen molar-refractivity contribution in [3.05, 3.63) is 0 Å². The molecular weight excluding hydrogens is 314 g/mol. The van der Waals surface area contributed by atoms with E-state index in [1.165, 1.54) is 0 Å². The van der Waals surface area contributed by atoms with Gasteiger partial charge in [0, 0.05) is 12.8 Å². The minimum atomic E-state index is -0.979. The van der Waals surface area contributed by atoms with Crippen LogP contribution in [0, 0.1) is 5.92 Å². The van der Waals surface area contributed by atoms with Crippen LogP contribution < -0.4 is 0 Å². The van der Waals surface area contributed by atoms with Gasteiger partial charge < -0.3 is 19.4 Å². The maximum absolute atomic E-state index is 12.0. The number of unbranched alkanes of at least 4 members (excludes halogenated alkanes) is 2. The van der Waals surface area contributed by atoms with Crippen LogP contribution in [0.5, 0.6) is 0 Å². The summed E-state index contributed by atoms with van der Waals surface area (Å²) in [7, 11) is 5.76. The zero-order chi connectivity index (χ0) is 18.8. The number of rotatable bonds is 13. The summed E-state index contributed by atoms with van der Waals surface area (Å²) in [6.45, 7) is 2.39. The first kappa shape index (κ1) is 22.4. The van der Waals surface area contributed by atoms with Crippen molar-refractivity contribution >= 4 is 17.9 Å². The number of quaternary nitrogens is 1. The largest absolute Gasteiger partial charge is 0.481 e. The molecule has 0 aromatic rings. The van der Waals surface area contributed by atoms with Crippen molar-refractivity contribution < 1.29 is 33.8 Å². The lowest BCUT2D eigenvalue weighted by Crippen LogP contribution is -2.43. The molecule has 0 amide bonds. The number of nitrogens with zero attached hydrogens (tertiary/aromatic N) is 1. The highest BCUT2D eigenvalue weighted by Crippen LogP contribution is 2.16. The second-order valence-corrected chi connectivity index (χ2v) is 7.48. The summed E-state index contributed by atoms with van der Waals surface area (Å²) >= 11 is 0. The zero-order valence-electron chi connectivity index (χ0n) is 15.3. The van der Waals surface area contributed by atoms with Gasteiger partial charge >= 0.3 is 17.9 Å². The highest BCUT2D eigenvalue weighted by atomic mass is 16.5. The molecule has 0 saturated carbocycles. The molecule has 24 heavy (non-hydrogen) atoms. The van der Waals surface area contributed by atoms with Crippen LogP contribution in [-0.4, -0.2) is 66.4 Å². The first-order valence-corrected chi connectivity index (χ1v) is 8.43. The Balaban J connectivity index is 4.17. The number of carboxylic acids is 2. The number of carbonyl (C=O) groups is 3. The van der Waals surface area contributed by atoms with Gasteiger partial charge in [0.05, 0.1) is 27.6 Å². The molecule has 0 aliphatic heterocycles. The first-order valence-electron chi connectivity index (χ1n) is 8.43. The second kappa shape index (κ2) is 11.0. The maximum atomic E-state index is 12.0. The van der Waals surface area contributed by atoms with Crippen molar-refractivity contribution in [1.29, 1.82) is 0 Å². The molecule has 7 nitrogen and oxygen atoms in total. The van der Waals surface area contributed by atoms with Gasteiger partial charge in [0.1, 0.15) is 6.54 Å². The van der Waals surface area contributed by atoms with Crippen molar-refractivity contribution in [2.45, 2.75) is 58.0 Å². The fraction of sp³-hybridized carbons (Fsp3) is 0.824. The van der Waals surface area contributed by atoms with Gasteiger partial charge in [-0.2, -0.15) is 0 Å². The molecular formula is C17H32NO6+. The summed E-state index contributed by atoms with van der Waals surface area (Å²) in [5.41, 5.74) is 0. The van der Waals surface area contributed by atoms with Gasteiger partial charge in [0.15, 0.2) is 6.10 Å². The van der Waals surface area contributed by atoms with Crippen LogP contribution in [0.25, 0.3) is 0 Å². The van der Waals surface area contributed by atoms with Gasteiger partial charge in [0.25, 0.3) is 0 Å². The standard InChI is InChI=1S/C17H31NO6/c1-13(8-6-5-7-9-15(19)20)10-17(23)24-14(11-16(21)22)12-18(2,3)4/h13-14H,5-12H2,1-4H3,(H-,19,20,21,22)/p+1. The number of esters is 1. The Hall–Kier alpha value is -1.63. The Morgan fingerprint density at radius 3 is 2.08 bits per heavy atom. The van der Waals surface area contributed by atoms with Crippen LogP contribution in [0.2, 0.25) is 0 Å². The summed E-state index contributed by atoms with van der Waals surface area (Å²) in [6.07, 6.45) is 2.80. The monoisotopic (exact) mass is 346 g/mol. The van der Waals surface area contributed by atoms with Crippen LogP contribution in [0.4, 0.5) is 0 Å². The van der Waals surface area contributed by atoms with Crippen molar-refractivity contribution in [2.75, 3.05) is 27.7 Å². The van der Waals surface area contributed by atoms with E-state index in [-0.39, 0.29) is 31.1 Å². The van der Waals surface area contributed by atoms with E-state index in [2.05, 4.69) is 0 Å². The number of hydrogen-bond acceptors (Lipinski definition) is 4. The SMILES string of the molecule is CC(CCCCCC(=O)O)CC(=O)OC(CC(=O)O)C[N+](C)(C)C. The van der Waals surface area contributed by atoms with Crippen molar-refractivity contribution in [3.8, 4) is 0 Å². The molecule has 7 heteroatoms. The Morgan fingerprint density at radius 2 is 1.58 bits per heavy atom. The maximum Gasteiger partial charge on any atom is 0.307 e. The van der Waals surface area contributed by atoms with E-state index in [0.717, 1.165) is 19.3 Å². The van der Waals surface area contributed by atoms with Crippen LogP contribution in [0.15, 0.2) is 0 Å². The predicted molar refractivity (Wildman–Crippen MR) is 89.5 cm³/mol. The average Bonchev–Trinajstić information content (AvgIpc) is 2.34. The molecule has 0 saturated heterocycles. The fourth-order valence-corrected chi connectivity index (χ4v) is 2.52. The molecule has 0 rings (SSSR count). The molecule has 2 atom stereocenters. The van der Waals surface area contributed by atoms with E-state index in [0.29, 0.717) is 17.4 Å². The first-order chi connectivity index (χ1) is 11.0. The van der Waals surface area contributed by atoms with Crippen molar-refractivity contribution in [1.82, 2.24) is 0 Å². The highest BCUT2D eigenvalue weighted by Gasteiger charge is 2.25. The molecule has 0 aliphatic carbocycles. The van der Waals surface area contributed by atoms with Gasteiger partial charge in [-0.05, 0) is 12.3 Å². The minimum Gasteiger partial charge on any atom is -0.481 e. The van der Waals surface area contributed by atoms with E-state index in [9.17, 15) is 14.4 Å². The number of likely N-dealkylation sites (N-methyl/N-ethyl adjacent to an activating group) is 1. The van der Waals surface area contributed by atoms with Crippen LogP contribution in [0.3, 0.4) is 0 Å². The highest BCUT2D eigenvalue weighted by molar-refractivity contribution is 5.71. The fourth-order valence-electron chi connectivity index (χ4n) is 2.52. The summed E-state index contributed by atoms with van der Waals surface area (Å²) < 4.78 is 5.87. The quantitative estimate of drug-likeness (QED) is 0.301. The molecule has 0 bridgehead atoms. The number of carbonyl (C=O) groups excluding carboxylic acids is 1. The third-order valence-corrected chi connectivity index (χ3v) is 3.55. The Bertz CT molecular complexity index is 416.